The van der Waals surface area contributed by atoms with Crippen molar-refractivity contribution in [3.05, 3.63) is 29.3 Å². The van der Waals surface area contributed by atoms with Crippen LogP contribution in [0.4, 0.5) is 0 Å². The Balaban J connectivity index is 3.17. The summed E-state index contributed by atoms with van der Waals surface area (Å²) in [5.74, 6) is -0.657. The van der Waals surface area contributed by atoms with Crippen molar-refractivity contribution in [2.45, 2.75) is 4.43 Å². The van der Waals surface area contributed by atoms with E-state index >= 15 is 0 Å². The molecule has 3 N–H and O–H groups in total. The molecule has 1 rings (SSSR count). The molecule has 0 aliphatic carbocycles. The van der Waals surface area contributed by atoms with Gasteiger partial charge in [-0.05, 0) is 17.7 Å². The maximum Gasteiger partial charge on any atom is 0.252 e. The van der Waals surface area contributed by atoms with Crippen LogP contribution >= 0.6 is 22.6 Å². The number of amides is 1. The maximum atomic E-state index is 10.7. The van der Waals surface area contributed by atoms with E-state index in [9.17, 15) is 9.90 Å². The first kappa shape index (κ1) is 9.31. The molecule has 1 aromatic carbocycles. The molecular formula is C8H8INO2. The van der Waals surface area contributed by atoms with Crippen molar-refractivity contribution >= 4 is 28.5 Å². The summed E-state index contributed by atoms with van der Waals surface area (Å²) in [7, 11) is 0. The molecule has 0 aliphatic heterocycles. The molecule has 0 aromatic heterocycles. The molecule has 0 aliphatic rings. The van der Waals surface area contributed by atoms with Crippen LogP contribution in [0.15, 0.2) is 18.2 Å². The van der Waals surface area contributed by atoms with Crippen LogP contribution in [0.2, 0.25) is 0 Å². The Hall–Kier alpha value is -0.780. The second-order valence-corrected chi connectivity index (χ2v) is 3.11. The molecule has 0 heterocycles. The van der Waals surface area contributed by atoms with Crippen LogP contribution in [0.25, 0.3) is 0 Å². The first-order valence-electron chi connectivity index (χ1n) is 3.33. The summed E-state index contributed by atoms with van der Waals surface area (Å²) < 4.78 is 0.790. The van der Waals surface area contributed by atoms with Gasteiger partial charge in [0.05, 0.1) is 5.56 Å². The van der Waals surface area contributed by atoms with E-state index in [-0.39, 0.29) is 11.3 Å². The van der Waals surface area contributed by atoms with Gasteiger partial charge in [0.1, 0.15) is 5.75 Å². The van der Waals surface area contributed by atoms with Crippen molar-refractivity contribution in [1.29, 1.82) is 0 Å². The molecule has 0 bridgehead atoms. The van der Waals surface area contributed by atoms with Crippen molar-refractivity contribution in [3.8, 4) is 5.75 Å². The highest BCUT2D eigenvalue weighted by molar-refractivity contribution is 14.1. The van der Waals surface area contributed by atoms with E-state index in [1.54, 1.807) is 12.1 Å². The van der Waals surface area contributed by atoms with Crippen LogP contribution in [0.3, 0.4) is 0 Å². The predicted molar refractivity (Wildman–Crippen MR) is 54.3 cm³/mol. The number of primary amides is 1. The number of carbonyl (C=O) groups is 1. The minimum atomic E-state index is -0.598. The molecule has 0 saturated carbocycles. The summed E-state index contributed by atoms with van der Waals surface area (Å²) in [4.78, 5) is 10.7. The zero-order valence-electron chi connectivity index (χ0n) is 6.25. The third kappa shape index (κ3) is 1.88. The highest BCUT2D eigenvalue weighted by Gasteiger charge is 2.06. The Morgan fingerprint density at radius 3 is 2.75 bits per heavy atom. The fraction of sp³-hybridized carbons (Fsp3) is 0.125. The van der Waals surface area contributed by atoms with E-state index in [1.165, 1.54) is 6.07 Å². The Labute approximate surface area is 83.7 Å². The second kappa shape index (κ2) is 3.75. The Morgan fingerprint density at radius 1 is 1.58 bits per heavy atom. The van der Waals surface area contributed by atoms with Crippen LogP contribution in [-0.2, 0) is 4.43 Å². The third-order valence-electron chi connectivity index (χ3n) is 1.48. The van der Waals surface area contributed by atoms with Gasteiger partial charge in [-0.15, -0.1) is 0 Å². The highest BCUT2D eigenvalue weighted by atomic mass is 127. The normalized spacial score (nSPS) is 9.75. The molecule has 3 nitrogen and oxygen atoms in total. The maximum absolute atomic E-state index is 10.7. The lowest BCUT2D eigenvalue weighted by atomic mass is 10.1. The van der Waals surface area contributed by atoms with E-state index < -0.39 is 5.91 Å². The van der Waals surface area contributed by atoms with E-state index in [0.29, 0.717) is 0 Å². The Bertz CT molecular complexity index is 312. The lowest BCUT2D eigenvalue weighted by molar-refractivity contribution is 0.0997. The van der Waals surface area contributed by atoms with Gasteiger partial charge in [-0.2, -0.15) is 0 Å². The number of aromatic hydroxyl groups is 1. The molecule has 1 amide bonds. The number of halogens is 1. The highest BCUT2D eigenvalue weighted by Crippen LogP contribution is 2.19. The van der Waals surface area contributed by atoms with Gasteiger partial charge in [-0.25, -0.2) is 0 Å². The van der Waals surface area contributed by atoms with Crippen LogP contribution in [0, 0.1) is 0 Å². The molecule has 0 fully saturated rings. The molecular weight excluding hydrogens is 269 g/mol. The summed E-state index contributed by atoms with van der Waals surface area (Å²) in [6, 6.07) is 4.84. The molecule has 4 heteroatoms. The van der Waals surface area contributed by atoms with Crippen LogP contribution in [0.1, 0.15) is 15.9 Å². The first-order chi connectivity index (χ1) is 5.65. The van der Waals surface area contributed by atoms with Crippen molar-refractivity contribution in [3.63, 3.8) is 0 Å². The standard InChI is InChI=1S/C8H8INO2/c9-4-5-1-2-7(11)6(3-5)8(10)12/h1-3,11H,4H2,(H2,10,12). The summed E-state index contributed by atoms with van der Waals surface area (Å²) in [6.45, 7) is 0. The topological polar surface area (TPSA) is 63.3 Å². The lowest BCUT2D eigenvalue weighted by Gasteiger charge is -2.01. The largest absolute Gasteiger partial charge is 0.507 e. The summed E-state index contributed by atoms with van der Waals surface area (Å²) >= 11 is 2.17. The minimum Gasteiger partial charge on any atom is -0.507 e. The van der Waals surface area contributed by atoms with Crippen LogP contribution in [-0.4, -0.2) is 11.0 Å². The molecule has 0 unspecified atom stereocenters. The molecule has 1 aromatic rings. The van der Waals surface area contributed by atoms with E-state index in [4.69, 9.17) is 5.73 Å². The number of nitrogens with two attached hydrogens (primary N) is 1. The summed E-state index contributed by atoms with van der Waals surface area (Å²) in [6.07, 6.45) is 0. The molecule has 64 valence electrons. The van der Waals surface area contributed by atoms with E-state index in [0.717, 1.165) is 9.99 Å². The average Bonchev–Trinajstić information content (AvgIpc) is 2.05. The number of hydrogen-bond donors (Lipinski definition) is 2. The molecule has 12 heavy (non-hydrogen) atoms. The van der Waals surface area contributed by atoms with Gasteiger partial charge < -0.3 is 10.8 Å². The molecule has 0 radical (unpaired) electrons. The van der Waals surface area contributed by atoms with Crippen molar-refractivity contribution in [1.82, 2.24) is 0 Å². The summed E-state index contributed by atoms with van der Waals surface area (Å²) in [5.41, 5.74) is 6.20. The van der Waals surface area contributed by atoms with Gasteiger partial charge >= 0.3 is 0 Å². The second-order valence-electron chi connectivity index (χ2n) is 2.35. The van der Waals surface area contributed by atoms with Gasteiger partial charge in [0, 0.05) is 4.43 Å². The number of alkyl halides is 1. The minimum absolute atomic E-state index is 0.0592. The number of benzene rings is 1. The number of rotatable bonds is 2. The fourth-order valence-corrected chi connectivity index (χ4v) is 1.34. The van der Waals surface area contributed by atoms with Crippen molar-refractivity contribution < 1.29 is 9.90 Å². The van der Waals surface area contributed by atoms with Gasteiger partial charge in [-0.3, -0.25) is 4.79 Å². The fourth-order valence-electron chi connectivity index (χ4n) is 0.864. The zero-order valence-corrected chi connectivity index (χ0v) is 8.41. The third-order valence-corrected chi connectivity index (χ3v) is 2.36. The van der Waals surface area contributed by atoms with Crippen molar-refractivity contribution in [2.24, 2.45) is 5.73 Å². The quantitative estimate of drug-likeness (QED) is 0.634. The monoisotopic (exact) mass is 277 g/mol. The lowest BCUT2D eigenvalue weighted by Crippen LogP contribution is -2.11. The molecule has 0 saturated heterocycles. The van der Waals surface area contributed by atoms with Gasteiger partial charge in [0.15, 0.2) is 0 Å². The Morgan fingerprint density at radius 2 is 2.25 bits per heavy atom. The van der Waals surface area contributed by atoms with Gasteiger partial charge in [0.25, 0.3) is 5.91 Å². The molecule has 0 spiro atoms. The number of phenols is 1. The van der Waals surface area contributed by atoms with Crippen LogP contribution < -0.4 is 5.73 Å². The first-order valence-corrected chi connectivity index (χ1v) is 4.85. The zero-order chi connectivity index (χ0) is 9.14. The average molecular weight is 277 g/mol. The van der Waals surface area contributed by atoms with Crippen molar-refractivity contribution in [2.75, 3.05) is 0 Å². The summed E-state index contributed by atoms with van der Waals surface area (Å²) in [5, 5.41) is 9.20. The number of hydrogen-bond acceptors (Lipinski definition) is 2. The SMILES string of the molecule is NC(=O)c1cc(CI)ccc1O. The Kier molecular flexibility index (Phi) is 2.91. The van der Waals surface area contributed by atoms with E-state index in [2.05, 4.69) is 22.6 Å². The van der Waals surface area contributed by atoms with E-state index in [1.807, 2.05) is 0 Å². The number of carbonyl (C=O) groups excluding carboxylic acids is 1. The molecule has 0 atom stereocenters. The van der Waals surface area contributed by atoms with Crippen LogP contribution in [0.5, 0.6) is 5.75 Å². The van der Waals surface area contributed by atoms with Gasteiger partial charge in [0.2, 0.25) is 0 Å². The van der Waals surface area contributed by atoms with Gasteiger partial charge in [-0.1, -0.05) is 28.7 Å². The predicted octanol–water partition coefficient (Wildman–Crippen LogP) is 1.43. The smallest absolute Gasteiger partial charge is 0.252 e.